The second-order valence-corrected chi connectivity index (χ2v) is 3.15. The van der Waals surface area contributed by atoms with E-state index in [-0.39, 0.29) is 0 Å². The predicted molar refractivity (Wildman–Crippen MR) is 53.4 cm³/mol. The maximum Gasteiger partial charge on any atom is 0.242 e. The molecule has 1 heterocycles. The number of hydrogen-bond donors (Lipinski definition) is 0. The highest BCUT2D eigenvalue weighted by atomic mass is 16.5. The van der Waals surface area contributed by atoms with Crippen LogP contribution < -0.4 is 4.73 Å². The van der Waals surface area contributed by atoms with Crippen molar-refractivity contribution in [1.82, 2.24) is 4.98 Å². The van der Waals surface area contributed by atoms with Crippen LogP contribution in [0.5, 0.6) is 0 Å². The lowest BCUT2D eigenvalue weighted by Crippen LogP contribution is -2.28. The van der Waals surface area contributed by atoms with Gasteiger partial charge in [-0.1, -0.05) is 17.7 Å². The first-order valence-corrected chi connectivity index (χ1v) is 4.37. The molecule has 0 aliphatic heterocycles. The minimum Gasteiger partial charge on any atom is -0.618 e. The van der Waals surface area contributed by atoms with Crippen LogP contribution in [-0.4, -0.2) is 4.98 Å². The van der Waals surface area contributed by atoms with Crippen molar-refractivity contribution < 1.29 is 4.73 Å². The topological polar surface area (TPSA) is 39.8 Å². The van der Waals surface area contributed by atoms with Crippen LogP contribution in [0.3, 0.4) is 0 Å². The lowest BCUT2D eigenvalue weighted by atomic mass is 10.1. The summed E-state index contributed by atoms with van der Waals surface area (Å²) in [5.41, 5.74) is 2.64. The fraction of sp³-hybridized carbons (Fsp3) is 0.0909. The zero-order valence-electron chi connectivity index (χ0n) is 7.84. The molecule has 2 rings (SSSR count). The molecular formula is C11H10N2O. The molecule has 0 amide bonds. The first kappa shape index (κ1) is 8.69. The quantitative estimate of drug-likeness (QED) is 0.502. The monoisotopic (exact) mass is 186 g/mol. The van der Waals surface area contributed by atoms with Gasteiger partial charge in [0.2, 0.25) is 5.69 Å². The molecule has 0 radical (unpaired) electrons. The Morgan fingerprint density at radius 3 is 2.57 bits per heavy atom. The van der Waals surface area contributed by atoms with E-state index in [4.69, 9.17) is 0 Å². The van der Waals surface area contributed by atoms with E-state index in [1.165, 1.54) is 18.0 Å². The Balaban J connectivity index is 2.50. The maximum atomic E-state index is 11.4. The fourth-order valence-corrected chi connectivity index (χ4v) is 1.28. The molecule has 14 heavy (non-hydrogen) atoms. The van der Waals surface area contributed by atoms with Crippen molar-refractivity contribution >= 4 is 0 Å². The smallest absolute Gasteiger partial charge is 0.242 e. The number of hydrogen-bond acceptors (Lipinski definition) is 2. The standard InChI is InChI=1S/C11H10N2O/c1-9-2-4-10(5-3-9)11-8-12-6-7-13(11)14/h2-8H,1H3. The summed E-state index contributed by atoms with van der Waals surface area (Å²) in [5, 5.41) is 11.4. The third-order valence-electron chi connectivity index (χ3n) is 2.07. The molecule has 2 aromatic rings. The van der Waals surface area contributed by atoms with Crippen LogP contribution >= 0.6 is 0 Å². The van der Waals surface area contributed by atoms with E-state index < -0.39 is 0 Å². The van der Waals surface area contributed by atoms with Crippen molar-refractivity contribution in [3.05, 3.63) is 53.6 Å². The van der Waals surface area contributed by atoms with Crippen molar-refractivity contribution in [1.29, 1.82) is 0 Å². The van der Waals surface area contributed by atoms with Crippen LogP contribution in [0.1, 0.15) is 5.56 Å². The van der Waals surface area contributed by atoms with Crippen LogP contribution in [-0.2, 0) is 0 Å². The second kappa shape index (κ2) is 3.46. The van der Waals surface area contributed by atoms with E-state index in [0.29, 0.717) is 5.69 Å². The van der Waals surface area contributed by atoms with Crippen molar-refractivity contribution in [2.45, 2.75) is 6.92 Å². The molecule has 0 spiro atoms. The first-order valence-electron chi connectivity index (χ1n) is 4.37. The molecule has 0 fully saturated rings. The highest BCUT2D eigenvalue weighted by Crippen LogP contribution is 2.14. The minimum absolute atomic E-state index is 0.576. The Bertz CT molecular complexity index is 437. The summed E-state index contributed by atoms with van der Waals surface area (Å²) in [6.07, 6.45) is 4.44. The minimum atomic E-state index is 0.576. The summed E-state index contributed by atoms with van der Waals surface area (Å²) in [6.45, 7) is 2.01. The molecule has 1 aromatic heterocycles. The largest absolute Gasteiger partial charge is 0.618 e. The zero-order valence-corrected chi connectivity index (χ0v) is 7.84. The second-order valence-electron chi connectivity index (χ2n) is 3.15. The number of benzene rings is 1. The Hall–Kier alpha value is -1.90. The average molecular weight is 186 g/mol. The van der Waals surface area contributed by atoms with E-state index in [1.807, 2.05) is 31.2 Å². The average Bonchev–Trinajstić information content (AvgIpc) is 2.20. The molecule has 0 aliphatic carbocycles. The fourth-order valence-electron chi connectivity index (χ4n) is 1.28. The van der Waals surface area contributed by atoms with Gasteiger partial charge in [0.05, 0.1) is 6.20 Å². The summed E-state index contributed by atoms with van der Waals surface area (Å²) in [4.78, 5) is 3.92. The van der Waals surface area contributed by atoms with Gasteiger partial charge in [-0.3, -0.25) is 4.98 Å². The molecular weight excluding hydrogens is 176 g/mol. The number of rotatable bonds is 1. The van der Waals surface area contributed by atoms with Gasteiger partial charge in [0.1, 0.15) is 6.20 Å². The highest BCUT2D eigenvalue weighted by molar-refractivity contribution is 5.55. The number of aromatic nitrogens is 2. The van der Waals surface area contributed by atoms with Crippen LogP contribution in [0, 0.1) is 12.1 Å². The Labute approximate surface area is 82.3 Å². The molecule has 0 saturated carbocycles. The summed E-state index contributed by atoms with van der Waals surface area (Å²) in [7, 11) is 0. The maximum absolute atomic E-state index is 11.4. The van der Waals surface area contributed by atoms with Gasteiger partial charge in [-0.05, 0) is 19.1 Å². The molecule has 0 aliphatic rings. The summed E-state index contributed by atoms with van der Waals surface area (Å²) >= 11 is 0. The van der Waals surface area contributed by atoms with Gasteiger partial charge >= 0.3 is 0 Å². The molecule has 0 saturated heterocycles. The number of nitrogens with zero attached hydrogens (tertiary/aromatic N) is 2. The Kier molecular flexibility index (Phi) is 2.14. The summed E-state index contributed by atoms with van der Waals surface area (Å²) in [6, 6.07) is 7.78. The first-order chi connectivity index (χ1) is 6.77. The molecule has 1 aromatic carbocycles. The normalized spacial score (nSPS) is 10.1. The van der Waals surface area contributed by atoms with Crippen LogP contribution in [0.2, 0.25) is 0 Å². The molecule has 0 atom stereocenters. The molecule has 3 nitrogen and oxygen atoms in total. The van der Waals surface area contributed by atoms with E-state index in [0.717, 1.165) is 10.3 Å². The van der Waals surface area contributed by atoms with E-state index in [2.05, 4.69) is 4.98 Å². The lowest BCUT2D eigenvalue weighted by molar-refractivity contribution is -0.594. The van der Waals surface area contributed by atoms with Gasteiger partial charge < -0.3 is 5.21 Å². The van der Waals surface area contributed by atoms with E-state index in [9.17, 15) is 5.21 Å². The molecule has 3 heteroatoms. The van der Waals surface area contributed by atoms with E-state index in [1.54, 1.807) is 6.20 Å². The molecule has 0 N–H and O–H groups in total. The summed E-state index contributed by atoms with van der Waals surface area (Å²) in [5.74, 6) is 0. The molecule has 0 bridgehead atoms. The molecule has 70 valence electrons. The van der Waals surface area contributed by atoms with Gasteiger partial charge in [0.25, 0.3) is 0 Å². The van der Waals surface area contributed by atoms with Crippen molar-refractivity contribution in [3.8, 4) is 11.3 Å². The van der Waals surface area contributed by atoms with Crippen LogP contribution in [0.25, 0.3) is 11.3 Å². The van der Waals surface area contributed by atoms with Gasteiger partial charge in [-0.2, -0.15) is 4.73 Å². The Morgan fingerprint density at radius 2 is 1.93 bits per heavy atom. The van der Waals surface area contributed by atoms with Gasteiger partial charge in [-0.25, -0.2) is 0 Å². The van der Waals surface area contributed by atoms with Crippen molar-refractivity contribution in [3.63, 3.8) is 0 Å². The van der Waals surface area contributed by atoms with Crippen LogP contribution in [0.15, 0.2) is 42.9 Å². The molecule has 0 unspecified atom stereocenters. The van der Waals surface area contributed by atoms with Crippen molar-refractivity contribution in [2.24, 2.45) is 0 Å². The van der Waals surface area contributed by atoms with Crippen LogP contribution in [0.4, 0.5) is 0 Å². The summed E-state index contributed by atoms with van der Waals surface area (Å²) < 4.78 is 0.817. The van der Waals surface area contributed by atoms with Crippen molar-refractivity contribution in [2.75, 3.05) is 0 Å². The predicted octanol–water partition coefficient (Wildman–Crippen LogP) is 1.69. The zero-order chi connectivity index (χ0) is 9.97. The lowest BCUT2D eigenvalue weighted by Gasteiger charge is -2.02. The SMILES string of the molecule is Cc1ccc(-c2cncc[n+]2[O-])cc1. The van der Waals surface area contributed by atoms with Gasteiger partial charge in [-0.15, -0.1) is 0 Å². The van der Waals surface area contributed by atoms with Gasteiger partial charge in [0.15, 0.2) is 6.20 Å². The third kappa shape index (κ3) is 1.57. The van der Waals surface area contributed by atoms with Gasteiger partial charge in [0, 0.05) is 5.56 Å². The Morgan fingerprint density at radius 1 is 1.21 bits per heavy atom. The van der Waals surface area contributed by atoms with E-state index >= 15 is 0 Å². The number of aryl methyl sites for hydroxylation is 1. The third-order valence-corrected chi connectivity index (χ3v) is 2.07. The highest BCUT2D eigenvalue weighted by Gasteiger charge is 2.06.